The first kappa shape index (κ1) is 22.7. The minimum atomic E-state index is -0.551. The normalized spacial score (nSPS) is 10.3. The number of rotatable bonds is 9. The number of hydrazone groups is 1. The van der Waals surface area contributed by atoms with Crippen LogP contribution in [-0.4, -0.2) is 31.7 Å². The minimum Gasteiger partial charge on any atom is -0.493 e. The molecule has 9 heteroatoms. The highest BCUT2D eigenvalue weighted by Crippen LogP contribution is 2.35. The molecular formula is C21H19ClFN3O4. The second-order valence-electron chi connectivity index (χ2n) is 5.85. The lowest BCUT2D eigenvalue weighted by Gasteiger charge is -2.11. The quantitative estimate of drug-likeness (QED) is 0.362. The third kappa shape index (κ3) is 6.79. The van der Waals surface area contributed by atoms with Crippen LogP contribution >= 0.6 is 11.6 Å². The number of hydrogen-bond donors (Lipinski definition) is 2. The van der Waals surface area contributed by atoms with Gasteiger partial charge in [0.1, 0.15) is 12.4 Å². The molecule has 0 fully saturated rings. The second kappa shape index (κ2) is 11.4. The lowest BCUT2D eigenvalue weighted by molar-refractivity contribution is -0.124. The summed E-state index contributed by atoms with van der Waals surface area (Å²) in [6.45, 7) is 0.0318. The van der Waals surface area contributed by atoms with Crippen LogP contribution in [-0.2, 0) is 9.59 Å². The fraction of sp³-hybridized carbons (Fsp3) is 0.190. The summed E-state index contributed by atoms with van der Waals surface area (Å²) in [5.74, 6) is 1.47. The Hall–Kier alpha value is -3.57. The molecule has 0 saturated carbocycles. The van der Waals surface area contributed by atoms with Gasteiger partial charge in [-0.15, -0.1) is 6.42 Å². The van der Waals surface area contributed by atoms with Gasteiger partial charge in [0.2, 0.25) is 11.8 Å². The molecule has 0 saturated heterocycles. The van der Waals surface area contributed by atoms with Crippen LogP contribution < -0.4 is 20.2 Å². The van der Waals surface area contributed by atoms with Crippen molar-refractivity contribution in [2.75, 3.05) is 19.0 Å². The lowest BCUT2D eigenvalue weighted by atomic mass is 10.2. The van der Waals surface area contributed by atoms with E-state index in [1.54, 1.807) is 18.2 Å². The Labute approximate surface area is 178 Å². The van der Waals surface area contributed by atoms with Crippen molar-refractivity contribution in [3.05, 3.63) is 52.8 Å². The van der Waals surface area contributed by atoms with Gasteiger partial charge in [0.25, 0.3) is 0 Å². The number of halogens is 2. The first-order chi connectivity index (χ1) is 14.4. The molecule has 30 heavy (non-hydrogen) atoms. The summed E-state index contributed by atoms with van der Waals surface area (Å²) < 4.78 is 24.1. The Balaban J connectivity index is 1.87. The Bertz CT molecular complexity index is 989. The highest BCUT2D eigenvalue weighted by Gasteiger charge is 2.12. The predicted octanol–water partition coefficient (Wildman–Crippen LogP) is 3.37. The van der Waals surface area contributed by atoms with Crippen LogP contribution in [0.5, 0.6) is 11.5 Å². The van der Waals surface area contributed by atoms with E-state index in [-0.39, 0.29) is 30.2 Å². The number of methoxy groups -OCH3 is 1. The monoisotopic (exact) mass is 431 g/mol. The molecule has 0 aliphatic carbocycles. The Morgan fingerprint density at radius 2 is 2.00 bits per heavy atom. The van der Waals surface area contributed by atoms with Gasteiger partial charge in [0.15, 0.2) is 11.5 Å². The van der Waals surface area contributed by atoms with Crippen LogP contribution in [0.2, 0.25) is 5.02 Å². The molecule has 2 amide bonds. The van der Waals surface area contributed by atoms with Crippen molar-refractivity contribution in [2.45, 2.75) is 12.8 Å². The molecule has 2 rings (SSSR count). The van der Waals surface area contributed by atoms with Crippen LogP contribution in [0.4, 0.5) is 10.1 Å². The summed E-state index contributed by atoms with van der Waals surface area (Å²) in [5.41, 5.74) is 2.90. The SMILES string of the molecule is C#CCOc1c(Cl)cc(C=NNC(=O)CCC(=O)Nc2ccccc2F)cc1OC. The second-order valence-corrected chi connectivity index (χ2v) is 6.26. The number of carbonyl (C=O) groups is 2. The van der Waals surface area contributed by atoms with Crippen molar-refractivity contribution in [1.29, 1.82) is 0 Å². The summed E-state index contributed by atoms with van der Waals surface area (Å²) in [7, 11) is 1.45. The van der Waals surface area contributed by atoms with E-state index in [0.29, 0.717) is 17.1 Å². The molecule has 0 aliphatic heterocycles. The standard InChI is InChI=1S/C21H19ClFN3O4/c1-3-10-30-21-15(22)11-14(12-18(21)29-2)13-24-26-20(28)9-8-19(27)25-17-7-5-4-6-16(17)23/h1,4-7,11-13H,8-10H2,2H3,(H,25,27)(H,26,28). The van der Waals surface area contributed by atoms with Gasteiger partial charge in [-0.05, 0) is 29.8 Å². The molecule has 2 aromatic rings. The highest BCUT2D eigenvalue weighted by atomic mass is 35.5. The van der Waals surface area contributed by atoms with Crippen LogP contribution in [0.15, 0.2) is 41.5 Å². The molecule has 2 N–H and O–H groups in total. The van der Waals surface area contributed by atoms with Crippen molar-refractivity contribution in [1.82, 2.24) is 5.43 Å². The van der Waals surface area contributed by atoms with Crippen LogP contribution in [0.3, 0.4) is 0 Å². The average Bonchev–Trinajstić information content (AvgIpc) is 2.73. The van der Waals surface area contributed by atoms with Gasteiger partial charge in [0.05, 0.1) is 24.0 Å². The van der Waals surface area contributed by atoms with Crippen LogP contribution in [0.1, 0.15) is 18.4 Å². The number of nitrogens with one attached hydrogen (secondary N) is 2. The summed E-state index contributed by atoms with van der Waals surface area (Å²) in [5, 5.41) is 6.49. The van der Waals surface area contributed by atoms with Gasteiger partial charge >= 0.3 is 0 Å². The first-order valence-electron chi connectivity index (χ1n) is 8.74. The van der Waals surface area contributed by atoms with Crippen LogP contribution in [0, 0.1) is 18.2 Å². The highest BCUT2D eigenvalue weighted by molar-refractivity contribution is 6.32. The Kier molecular flexibility index (Phi) is 8.66. The maximum absolute atomic E-state index is 13.5. The zero-order valence-corrected chi connectivity index (χ0v) is 16.8. The molecule has 0 aromatic heterocycles. The van der Waals surface area contributed by atoms with E-state index in [4.69, 9.17) is 27.5 Å². The summed E-state index contributed by atoms with van der Waals surface area (Å²) in [6, 6.07) is 8.93. The third-order valence-electron chi connectivity index (χ3n) is 3.68. The van der Waals surface area contributed by atoms with E-state index < -0.39 is 17.6 Å². The van der Waals surface area contributed by atoms with E-state index in [0.717, 1.165) is 0 Å². The number of nitrogens with zero attached hydrogens (tertiary/aromatic N) is 1. The number of ether oxygens (including phenoxy) is 2. The number of carbonyl (C=O) groups excluding carboxylic acids is 2. The Morgan fingerprint density at radius 1 is 1.27 bits per heavy atom. The predicted molar refractivity (Wildman–Crippen MR) is 112 cm³/mol. The number of para-hydroxylation sites is 1. The van der Waals surface area contributed by atoms with Crippen molar-refractivity contribution >= 4 is 35.3 Å². The van der Waals surface area contributed by atoms with E-state index in [1.807, 2.05) is 0 Å². The van der Waals surface area contributed by atoms with Gasteiger partial charge in [-0.1, -0.05) is 29.7 Å². The minimum absolute atomic E-state index is 0.0318. The maximum Gasteiger partial charge on any atom is 0.240 e. The van der Waals surface area contributed by atoms with E-state index in [1.165, 1.54) is 31.5 Å². The summed E-state index contributed by atoms with van der Waals surface area (Å²) >= 11 is 6.16. The third-order valence-corrected chi connectivity index (χ3v) is 3.96. The summed E-state index contributed by atoms with van der Waals surface area (Å²) in [6.07, 6.45) is 6.27. The molecule has 2 aromatic carbocycles. The topological polar surface area (TPSA) is 89.0 Å². The van der Waals surface area contributed by atoms with Crippen molar-refractivity contribution in [2.24, 2.45) is 5.10 Å². The van der Waals surface area contributed by atoms with Crippen molar-refractivity contribution in [3.63, 3.8) is 0 Å². The van der Waals surface area contributed by atoms with Gasteiger partial charge in [-0.25, -0.2) is 9.82 Å². The number of anilines is 1. The molecular weight excluding hydrogens is 413 g/mol. The molecule has 0 atom stereocenters. The van der Waals surface area contributed by atoms with Gasteiger partial charge in [-0.3, -0.25) is 9.59 Å². The smallest absolute Gasteiger partial charge is 0.240 e. The van der Waals surface area contributed by atoms with Gasteiger partial charge < -0.3 is 14.8 Å². The summed E-state index contributed by atoms with van der Waals surface area (Å²) in [4.78, 5) is 23.7. The molecule has 0 spiro atoms. The molecule has 0 aliphatic rings. The molecule has 7 nitrogen and oxygen atoms in total. The average molecular weight is 432 g/mol. The molecule has 0 radical (unpaired) electrons. The molecule has 0 unspecified atom stereocenters. The largest absolute Gasteiger partial charge is 0.493 e. The molecule has 156 valence electrons. The van der Waals surface area contributed by atoms with Crippen molar-refractivity contribution < 1.29 is 23.5 Å². The van der Waals surface area contributed by atoms with Gasteiger partial charge in [-0.2, -0.15) is 5.10 Å². The zero-order valence-electron chi connectivity index (χ0n) is 16.1. The number of hydrogen-bond acceptors (Lipinski definition) is 5. The van der Waals surface area contributed by atoms with Gasteiger partial charge in [0, 0.05) is 12.8 Å². The zero-order chi connectivity index (χ0) is 21.9. The van der Waals surface area contributed by atoms with E-state index in [2.05, 4.69) is 21.8 Å². The Morgan fingerprint density at radius 3 is 2.70 bits per heavy atom. The number of terminal acetylenes is 1. The number of amides is 2. The number of benzene rings is 2. The van der Waals surface area contributed by atoms with E-state index >= 15 is 0 Å². The van der Waals surface area contributed by atoms with Crippen LogP contribution in [0.25, 0.3) is 0 Å². The maximum atomic E-state index is 13.5. The lowest BCUT2D eigenvalue weighted by Crippen LogP contribution is -2.21. The van der Waals surface area contributed by atoms with E-state index in [9.17, 15) is 14.0 Å². The fourth-order valence-electron chi connectivity index (χ4n) is 2.31. The fourth-order valence-corrected chi connectivity index (χ4v) is 2.58. The molecule has 0 bridgehead atoms. The van der Waals surface area contributed by atoms with Crippen molar-refractivity contribution in [3.8, 4) is 23.8 Å². The molecule has 0 heterocycles. The first-order valence-corrected chi connectivity index (χ1v) is 9.12.